The molecule has 0 radical (unpaired) electrons. The summed E-state index contributed by atoms with van der Waals surface area (Å²) >= 11 is 0. The van der Waals surface area contributed by atoms with E-state index in [0.29, 0.717) is 11.8 Å². The Kier molecular flexibility index (Phi) is 4.05. The van der Waals surface area contributed by atoms with Crippen LogP contribution < -0.4 is 0 Å². The van der Waals surface area contributed by atoms with Gasteiger partial charge in [0.25, 0.3) is 0 Å². The molecular weight excluding hydrogens is 272 g/mol. The van der Waals surface area contributed by atoms with Crippen molar-refractivity contribution in [1.82, 2.24) is 0 Å². The summed E-state index contributed by atoms with van der Waals surface area (Å²) in [7, 11) is 0. The number of hydrogen-bond donors (Lipinski definition) is 0. The van der Waals surface area contributed by atoms with Crippen molar-refractivity contribution in [1.29, 1.82) is 0 Å². The molecule has 0 N–H and O–H groups in total. The Bertz CT molecular complexity index is 544. The third-order valence-electron chi connectivity index (χ3n) is 6.64. The maximum Gasteiger partial charge on any atom is 0.126 e. The maximum absolute atomic E-state index is 11.8. The molecule has 0 bridgehead atoms. The summed E-state index contributed by atoms with van der Waals surface area (Å²) < 4.78 is 5.19. The van der Waals surface area contributed by atoms with Gasteiger partial charge in [0, 0.05) is 5.41 Å². The second kappa shape index (κ2) is 5.72. The third kappa shape index (κ3) is 2.47. The normalized spacial score (nSPS) is 38.5. The van der Waals surface area contributed by atoms with Gasteiger partial charge in [-0.25, -0.2) is 0 Å². The van der Waals surface area contributed by atoms with Crippen molar-refractivity contribution in [2.45, 2.75) is 58.8 Å². The molecule has 120 valence electrons. The molecule has 2 fully saturated rings. The van der Waals surface area contributed by atoms with Gasteiger partial charge in [-0.05, 0) is 67.4 Å². The molecule has 22 heavy (non-hydrogen) atoms. The van der Waals surface area contributed by atoms with Crippen molar-refractivity contribution >= 4 is 6.29 Å². The van der Waals surface area contributed by atoms with E-state index in [0.717, 1.165) is 38.5 Å². The summed E-state index contributed by atoms with van der Waals surface area (Å²) in [5.74, 6) is 1.03. The zero-order chi connectivity index (χ0) is 15.8. The van der Waals surface area contributed by atoms with Crippen molar-refractivity contribution in [3.05, 3.63) is 36.3 Å². The molecule has 0 amide bonds. The van der Waals surface area contributed by atoms with Crippen molar-refractivity contribution < 1.29 is 9.21 Å². The molecule has 2 nitrogen and oxygen atoms in total. The fourth-order valence-corrected chi connectivity index (χ4v) is 5.42. The van der Waals surface area contributed by atoms with Crippen LogP contribution in [0.5, 0.6) is 0 Å². The predicted molar refractivity (Wildman–Crippen MR) is 88.5 cm³/mol. The lowest BCUT2D eigenvalue weighted by atomic mass is 9.47. The highest BCUT2D eigenvalue weighted by Gasteiger charge is 2.54. The zero-order valence-electron chi connectivity index (χ0n) is 13.9. The predicted octanol–water partition coefficient (Wildman–Crippen LogP) is 5.19. The van der Waals surface area contributed by atoms with Crippen molar-refractivity contribution in [3.8, 4) is 0 Å². The van der Waals surface area contributed by atoms with Gasteiger partial charge in [0.05, 0.1) is 12.5 Å². The minimum Gasteiger partial charge on any atom is -0.472 e. The molecule has 0 saturated heterocycles. The topological polar surface area (TPSA) is 30.2 Å². The molecule has 3 rings (SSSR count). The third-order valence-corrected chi connectivity index (χ3v) is 6.64. The van der Waals surface area contributed by atoms with Crippen LogP contribution in [0.3, 0.4) is 0 Å². The Hall–Kier alpha value is -1.31. The van der Waals surface area contributed by atoms with Crippen LogP contribution in [0.1, 0.15) is 57.9 Å². The first-order chi connectivity index (χ1) is 10.5. The number of carbonyl (C=O) groups excluding carboxylic acids is 1. The van der Waals surface area contributed by atoms with Crippen LogP contribution in [0.2, 0.25) is 0 Å². The van der Waals surface area contributed by atoms with Crippen molar-refractivity contribution in [2.24, 2.45) is 22.7 Å². The van der Waals surface area contributed by atoms with Gasteiger partial charge in [-0.3, -0.25) is 0 Å². The van der Waals surface area contributed by atoms with Gasteiger partial charge < -0.3 is 9.21 Å². The average Bonchev–Trinajstić information content (AvgIpc) is 2.99. The van der Waals surface area contributed by atoms with E-state index >= 15 is 0 Å². The Morgan fingerprint density at radius 1 is 1.41 bits per heavy atom. The van der Waals surface area contributed by atoms with Crippen LogP contribution >= 0.6 is 0 Å². The molecule has 1 aromatic heterocycles. The molecule has 0 aliphatic heterocycles. The summed E-state index contributed by atoms with van der Waals surface area (Å²) in [5.41, 5.74) is 2.76. The molecule has 0 aromatic carbocycles. The Morgan fingerprint density at radius 3 is 2.91 bits per heavy atom. The van der Waals surface area contributed by atoms with Crippen molar-refractivity contribution in [2.75, 3.05) is 0 Å². The fraction of sp³-hybridized carbons (Fsp3) is 0.650. The van der Waals surface area contributed by atoms with Gasteiger partial charge in [-0.1, -0.05) is 32.4 Å². The van der Waals surface area contributed by atoms with E-state index in [1.54, 1.807) is 6.26 Å². The first kappa shape index (κ1) is 15.6. The second-order valence-corrected chi connectivity index (χ2v) is 7.96. The quantitative estimate of drug-likeness (QED) is 0.566. The van der Waals surface area contributed by atoms with Crippen molar-refractivity contribution in [3.63, 3.8) is 0 Å². The molecule has 2 saturated carbocycles. The second-order valence-electron chi connectivity index (χ2n) is 7.96. The van der Waals surface area contributed by atoms with E-state index in [1.807, 2.05) is 6.26 Å². The molecule has 0 unspecified atom stereocenters. The molecule has 2 aliphatic carbocycles. The summed E-state index contributed by atoms with van der Waals surface area (Å²) in [6, 6.07) is 2.06. The highest BCUT2D eigenvalue weighted by Crippen LogP contribution is 2.61. The molecular formula is C20H28O2. The van der Waals surface area contributed by atoms with Gasteiger partial charge in [0.15, 0.2) is 0 Å². The van der Waals surface area contributed by atoms with Crippen LogP contribution in [0.15, 0.2) is 35.2 Å². The summed E-state index contributed by atoms with van der Waals surface area (Å²) in [6.07, 6.45) is 12.7. The average molecular weight is 300 g/mol. The van der Waals surface area contributed by atoms with Gasteiger partial charge in [-0.2, -0.15) is 0 Å². The fourth-order valence-electron chi connectivity index (χ4n) is 5.42. The number of carbonyl (C=O) groups is 1. The standard InChI is InChI=1S/C20H28O2/c1-15-5-8-18-19(2,14-21)10-4-11-20(18,3)17(15)7-6-16-9-12-22-13-16/h9,12-14,17-18H,1,4-8,10-11H2,2-3H3/t17-,18-,19+,20+/m1/s1. The van der Waals surface area contributed by atoms with E-state index in [4.69, 9.17) is 4.42 Å². The molecule has 2 aliphatic rings. The Morgan fingerprint density at radius 2 is 2.23 bits per heavy atom. The molecule has 4 atom stereocenters. The van der Waals surface area contributed by atoms with Crippen LogP contribution in [0.4, 0.5) is 0 Å². The molecule has 0 spiro atoms. The van der Waals surface area contributed by atoms with Gasteiger partial charge in [0.1, 0.15) is 6.29 Å². The largest absolute Gasteiger partial charge is 0.472 e. The Balaban J connectivity index is 1.84. The zero-order valence-corrected chi connectivity index (χ0v) is 13.9. The van der Waals surface area contributed by atoms with Crippen LogP contribution in [-0.2, 0) is 11.2 Å². The first-order valence-corrected chi connectivity index (χ1v) is 8.65. The van der Waals surface area contributed by atoms with Crippen LogP contribution in [0.25, 0.3) is 0 Å². The van der Waals surface area contributed by atoms with E-state index in [1.165, 1.54) is 23.8 Å². The van der Waals surface area contributed by atoms with E-state index < -0.39 is 0 Å². The highest BCUT2D eigenvalue weighted by atomic mass is 16.3. The number of allylic oxidation sites excluding steroid dienone is 1. The van der Waals surface area contributed by atoms with Crippen LogP contribution in [-0.4, -0.2) is 6.29 Å². The summed E-state index contributed by atoms with van der Waals surface area (Å²) in [5, 5.41) is 0. The van der Waals surface area contributed by atoms with Gasteiger partial charge in [0.2, 0.25) is 0 Å². The monoisotopic (exact) mass is 300 g/mol. The summed E-state index contributed by atoms with van der Waals surface area (Å²) in [4.78, 5) is 11.8. The molecule has 1 heterocycles. The number of aldehydes is 1. The number of hydrogen-bond acceptors (Lipinski definition) is 2. The van der Waals surface area contributed by atoms with Crippen LogP contribution in [0, 0.1) is 22.7 Å². The number of rotatable bonds is 4. The minimum absolute atomic E-state index is 0.137. The van der Waals surface area contributed by atoms with Gasteiger partial charge in [-0.15, -0.1) is 0 Å². The summed E-state index contributed by atoms with van der Waals surface area (Å²) in [6.45, 7) is 9.00. The lowest BCUT2D eigenvalue weighted by Crippen LogP contribution is -2.51. The smallest absolute Gasteiger partial charge is 0.126 e. The SMILES string of the molecule is C=C1CC[C@H]2[C@@](C)(CCC[C@@]2(C)C=O)[C@@H]1CCc1ccoc1. The van der Waals surface area contributed by atoms with E-state index in [2.05, 4.69) is 26.5 Å². The van der Waals surface area contributed by atoms with E-state index in [9.17, 15) is 4.79 Å². The minimum atomic E-state index is -0.137. The number of aryl methyl sites for hydroxylation is 1. The molecule has 2 heteroatoms. The Labute approximate surface area is 134 Å². The van der Waals surface area contributed by atoms with E-state index in [-0.39, 0.29) is 10.8 Å². The maximum atomic E-state index is 11.8. The lowest BCUT2D eigenvalue weighted by Gasteiger charge is -2.57. The lowest BCUT2D eigenvalue weighted by molar-refractivity contribution is -0.130. The number of furan rings is 1. The first-order valence-electron chi connectivity index (χ1n) is 8.65. The molecule has 1 aromatic rings. The highest BCUT2D eigenvalue weighted by molar-refractivity contribution is 5.60. The van der Waals surface area contributed by atoms with Gasteiger partial charge >= 0.3 is 0 Å². The number of fused-ring (bicyclic) bond motifs is 1.